The number of hydrogen-bond donors (Lipinski definition) is 2. The van der Waals surface area contributed by atoms with Gasteiger partial charge in [0.25, 0.3) is 0 Å². The van der Waals surface area contributed by atoms with E-state index in [0.29, 0.717) is 0 Å². The minimum absolute atomic E-state index is 0.00231. The summed E-state index contributed by atoms with van der Waals surface area (Å²) >= 11 is 2.03. The van der Waals surface area contributed by atoms with E-state index in [4.69, 9.17) is 0 Å². The Kier molecular flexibility index (Phi) is 2.51. The van der Waals surface area contributed by atoms with Gasteiger partial charge in [0, 0.05) is 0 Å². The fourth-order valence-electron chi connectivity index (χ4n) is 1.08. The van der Waals surface area contributed by atoms with Crippen LogP contribution < -0.4 is 0 Å². The molecule has 1 rings (SSSR count). The Hall–Kier alpha value is -0.450. The first-order chi connectivity index (χ1) is 5.46. The third-order valence-corrected chi connectivity index (χ3v) is 3.56. The van der Waals surface area contributed by atoms with Crippen LogP contribution in [0.25, 0.3) is 0 Å². The van der Waals surface area contributed by atoms with Gasteiger partial charge >= 0.3 is 0 Å². The number of benzene rings is 1. The van der Waals surface area contributed by atoms with Crippen LogP contribution in [-0.2, 0) is 0 Å². The van der Waals surface area contributed by atoms with Crippen molar-refractivity contribution in [3.8, 4) is 11.5 Å². The number of halogens is 1. The Balaban J connectivity index is 3.60. The molecule has 0 saturated heterocycles. The van der Waals surface area contributed by atoms with Crippen molar-refractivity contribution in [2.45, 2.75) is 20.8 Å². The summed E-state index contributed by atoms with van der Waals surface area (Å²) in [4.78, 5) is 0. The van der Waals surface area contributed by atoms with Gasteiger partial charge in [-0.15, -0.1) is 0 Å². The van der Waals surface area contributed by atoms with Crippen LogP contribution in [0.5, 0.6) is 11.5 Å². The van der Waals surface area contributed by atoms with E-state index in [-0.39, 0.29) is 11.5 Å². The first-order valence-corrected chi connectivity index (χ1v) is 4.71. The lowest BCUT2D eigenvalue weighted by molar-refractivity contribution is 0.397. The Bertz CT molecular complexity index is 227. The Morgan fingerprint density at radius 2 is 1.33 bits per heavy atom. The molecule has 0 amide bonds. The molecule has 0 fully saturated rings. The molecule has 2 nitrogen and oxygen atoms in total. The topological polar surface area (TPSA) is 40.5 Å². The van der Waals surface area contributed by atoms with Crippen LogP contribution in [0, 0.1) is 24.3 Å². The second-order valence-corrected chi connectivity index (χ2v) is 3.96. The van der Waals surface area contributed by atoms with Crippen LogP contribution in [0.15, 0.2) is 0 Å². The van der Waals surface area contributed by atoms with Crippen LogP contribution in [-0.4, -0.2) is 10.2 Å². The van der Waals surface area contributed by atoms with E-state index in [1.54, 1.807) is 6.92 Å². The molecule has 0 aliphatic rings. The van der Waals surface area contributed by atoms with Crippen LogP contribution in [0.2, 0.25) is 0 Å². The number of aromatic hydroxyl groups is 2. The second-order valence-electron chi connectivity index (χ2n) is 2.89. The minimum atomic E-state index is -0.00352. The molecule has 0 aromatic heterocycles. The van der Waals surface area contributed by atoms with Gasteiger partial charge in [-0.2, -0.15) is 0 Å². The summed E-state index contributed by atoms with van der Waals surface area (Å²) < 4.78 is 0.730. The zero-order valence-electron chi connectivity index (χ0n) is 7.27. The average Bonchev–Trinajstić information content (AvgIpc) is 2.08. The van der Waals surface area contributed by atoms with Crippen molar-refractivity contribution in [2.75, 3.05) is 0 Å². The third-order valence-electron chi connectivity index (χ3n) is 2.24. The number of phenolic OH excluding ortho intramolecular Hbond substituents is 2. The molecule has 0 saturated carbocycles. The van der Waals surface area contributed by atoms with E-state index in [0.717, 1.165) is 20.3 Å². The molecule has 0 atom stereocenters. The molecule has 12 heavy (non-hydrogen) atoms. The number of phenols is 2. The monoisotopic (exact) mass is 278 g/mol. The van der Waals surface area contributed by atoms with E-state index in [9.17, 15) is 10.2 Å². The third kappa shape index (κ3) is 1.26. The average molecular weight is 278 g/mol. The van der Waals surface area contributed by atoms with Gasteiger partial charge in [-0.1, -0.05) is 0 Å². The van der Waals surface area contributed by atoms with Crippen molar-refractivity contribution < 1.29 is 10.2 Å². The maximum absolute atomic E-state index is 9.44. The maximum atomic E-state index is 9.44. The van der Waals surface area contributed by atoms with Crippen molar-refractivity contribution in [2.24, 2.45) is 0 Å². The molecule has 0 aliphatic carbocycles. The zero-order chi connectivity index (χ0) is 9.46. The summed E-state index contributed by atoms with van der Waals surface area (Å²) in [5.74, 6) is -0.00120. The van der Waals surface area contributed by atoms with Crippen molar-refractivity contribution in [1.82, 2.24) is 0 Å². The molecule has 0 heterocycles. The van der Waals surface area contributed by atoms with Gasteiger partial charge in [-0.05, 0) is 60.1 Å². The van der Waals surface area contributed by atoms with Gasteiger partial charge in [0.1, 0.15) is 0 Å². The maximum Gasteiger partial charge on any atom is 0.171 e. The van der Waals surface area contributed by atoms with Crippen molar-refractivity contribution in [3.63, 3.8) is 0 Å². The first-order valence-electron chi connectivity index (χ1n) is 3.64. The van der Waals surface area contributed by atoms with E-state index in [2.05, 4.69) is 0 Å². The van der Waals surface area contributed by atoms with Gasteiger partial charge in [0.15, 0.2) is 11.5 Å². The van der Waals surface area contributed by atoms with Gasteiger partial charge in [0.05, 0.1) is 3.57 Å². The molecule has 1 aromatic carbocycles. The van der Waals surface area contributed by atoms with E-state index >= 15 is 0 Å². The van der Waals surface area contributed by atoms with Crippen molar-refractivity contribution >= 4 is 22.6 Å². The van der Waals surface area contributed by atoms with E-state index in [1.165, 1.54) is 0 Å². The van der Waals surface area contributed by atoms with E-state index < -0.39 is 0 Å². The molecule has 2 N–H and O–H groups in total. The lowest BCUT2D eigenvalue weighted by atomic mass is 10.0. The Morgan fingerprint density at radius 1 is 0.833 bits per heavy atom. The van der Waals surface area contributed by atoms with Gasteiger partial charge < -0.3 is 10.2 Å². The highest BCUT2D eigenvalue weighted by Crippen LogP contribution is 2.37. The first kappa shape index (κ1) is 9.64. The molecule has 0 spiro atoms. The van der Waals surface area contributed by atoms with Crippen LogP contribution in [0.3, 0.4) is 0 Å². The summed E-state index contributed by atoms with van der Waals surface area (Å²) in [5.41, 5.74) is 2.82. The van der Waals surface area contributed by atoms with Crippen LogP contribution >= 0.6 is 22.6 Å². The highest BCUT2D eigenvalue weighted by molar-refractivity contribution is 14.1. The molecular formula is C9H11IO2. The molecule has 0 bridgehead atoms. The molecular weight excluding hydrogens is 267 g/mol. The number of rotatable bonds is 0. The van der Waals surface area contributed by atoms with Crippen LogP contribution in [0.1, 0.15) is 16.7 Å². The summed E-state index contributed by atoms with van der Waals surface area (Å²) in [7, 11) is 0. The zero-order valence-corrected chi connectivity index (χ0v) is 9.43. The Labute approximate surface area is 85.4 Å². The van der Waals surface area contributed by atoms with Crippen molar-refractivity contribution in [1.29, 1.82) is 0 Å². The van der Waals surface area contributed by atoms with Crippen LogP contribution in [0.4, 0.5) is 0 Å². The molecule has 3 heteroatoms. The highest BCUT2D eigenvalue weighted by Gasteiger charge is 2.13. The molecule has 1 aromatic rings. The lowest BCUT2D eigenvalue weighted by Crippen LogP contribution is -1.91. The van der Waals surface area contributed by atoms with E-state index in [1.807, 2.05) is 36.4 Å². The summed E-state index contributed by atoms with van der Waals surface area (Å²) in [5, 5.41) is 18.9. The molecule has 0 radical (unpaired) electrons. The van der Waals surface area contributed by atoms with Gasteiger partial charge in [-0.3, -0.25) is 0 Å². The predicted octanol–water partition coefficient (Wildman–Crippen LogP) is 2.63. The largest absolute Gasteiger partial charge is 0.504 e. The van der Waals surface area contributed by atoms with Gasteiger partial charge in [-0.25, -0.2) is 0 Å². The standard InChI is InChI=1S/C9H11IO2/c1-4-5(2)7(10)9(12)8(11)6(4)3/h11-12H,1-3H3. The second kappa shape index (κ2) is 3.12. The molecule has 0 unspecified atom stereocenters. The highest BCUT2D eigenvalue weighted by atomic mass is 127. The lowest BCUT2D eigenvalue weighted by Gasteiger charge is -2.11. The molecule has 0 aliphatic heterocycles. The molecule has 66 valence electrons. The summed E-state index contributed by atoms with van der Waals surface area (Å²) in [6.45, 7) is 5.67. The minimum Gasteiger partial charge on any atom is -0.504 e. The summed E-state index contributed by atoms with van der Waals surface area (Å²) in [6, 6.07) is 0. The smallest absolute Gasteiger partial charge is 0.171 e. The number of hydrogen-bond acceptors (Lipinski definition) is 2. The fourth-order valence-corrected chi connectivity index (χ4v) is 1.74. The quantitative estimate of drug-likeness (QED) is 0.565. The van der Waals surface area contributed by atoms with Gasteiger partial charge in [0.2, 0.25) is 0 Å². The predicted molar refractivity (Wildman–Crippen MR) is 56.7 cm³/mol. The summed E-state index contributed by atoms with van der Waals surface area (Å²) in [6.07, 6.45) is 0. The fraction of sp³-hybridized carbons (Fsp3) is 0.333. The Morgan fingerprint density at radius 3 is 1.83 bits per heavy atom. The van der Waals surface area contributed by atoms with Crippen molar-refractivity contribution in [3.05, 3.63) is 20.3 Å². The normalized spacial score (nSPS) is 10.3. The SMILES string of the molecule is Cc1c(C)c(O)c(O)c(I)c1C.